The predicted octanol–water partition coefficient (Wildman–Crippen LogP) is 1.70. The summed E-state index contributed by atoms with van der Waals surface area (Å²) in [7, 11) is 1.74. The molecule has 2 aliphatic rings. The minimum atomic E-state index is 0.129. The fraction of sp³-hybridized carbons (Fsp3) is 0.600. The Bertz CT molecular complexity index is 465. The zero-order valence-corrected chi connectivity index (χ0v) is 11.9. The van der Waals surface area contributed by atoms with Crippen molar-refractivity contribution in [2.24, 2.45) is 0 Å². The first kappa shape index (κ1) is 13.7. The molecule has 1 heterocycles. The van der Waals surface area contributed by atoms with Crippen LogP contribution in [-0.4, -0.2) is 38.8 Å². The molecule has 5 heteroatoms. The van der Waals surface area contributed by atoms with Gasteiger partial charge in [-0.15, -0.1) is 0 Å². The standard InChI is InChI=1S/C15H21NO4/c1-3-18-13-7-11(15(13)17-2)16-8-10-5-4-6-12-14(10)20-9-19-12/h4-6,11,13,15-16H,3,7-9H2,1-2H3. The van der Waals surface area contributed by atoms with Crippen LogP contribution in [0.4, 0.5) is 0 Å². The first-order chi connectivity index (χ1) is 9.83. The van der Waals surface area contributed by atoms with Gasteiger partial charge < -0.3 is 24.3 Å². The fourth-order valence-electron chi connectivity index (χ4n) is 2.85. The molecule has 20 heavy (non-hydrogen) atoms. The number of para-hydroxylation sites is 1. The average Bonchev–Trinajstić information content (AvgIpc) is 2.91. The molecule has 1 aromatic carbocycles. The summed E-state index contributed by atoms with van der Waals surface area (Å²) in [6.45, 7) is 3.80. The van der Waals surface area contributed by atoms with E-state index in [9.17, 15) is 0 Å². The van der Waals surface area contributed by atoms with Crippen LogP contribution in [0.5, 0.6) is 11.5 Å². The molecule has 5 nitrogen and oxygen atoms in total. The van der Waals surface area contributed by atoms with Gasteiger partial charge in [-0.1, -0.05) is 12.1 Å². The van der Waals surface area contributed by atoms with Crippen LogP contribution in [0, 0.1) is 0 Å². The first-order valence-electron chi connectivity index (χ1n) is 7.08. The lowest BCUT2D eigenvalue weighted by atomic mass is 9.85. The van der Waals surface area contributed by atoms with Crippen LogP contribution in [0.25, 0.3) is 0 Å². The number of fused-ring (bicyclic) bond motifs is 1. The van der Waals surface area contributed by atoms with Crippen LogP contribution in [0.15, 0.2) is 18.2 Å². The van der Waals surface area contributed by atoms with Crippen molar-refractivity contribution >= 4 is 0 Å². The monoisotopic (exact) mass is 279 g/mol. The molecule has 0 bridgehead atoms. The molecule has 3 atom stereocenters. The molecular formula is C15H21NO4. The van der Waals surface area contributed by atoms with Crippen LogP contribution >= 0.6 is 0 Å². The molecule has 3 rings (SSSR count). The quantitative estimate of drug-likeness (QED) is 0.859. The number of hydrogen-bond acceptors (Lipinski definition) is 5. The highest BCUT2D eigenvalue weighted by atomic mass is 16.7. The van der Waals surface area contributed by atoms with Gasteiger partial charge in [0.1, 0.15) is 0 Å². The van der Waals surface area contributed by atoms with E-state index >= 15 is 0 Å². The minimum absolute atomic E-state index is 0.129. The highest BCUT2D eigenvalue weighted by Crippen LogP contribution is 2.35. The second-order valence-electron chi connectivity index (χ2n) is 5.07. The van der Waals surface area contributed by atoms with E-state index in [1.807, 2.05) is 19.1 Å². The maximum absolute atomic E-state index is 5.63. The average molecular weight is 279 g/mol. The molecule has 1 aromatic rings. The first-order valence-corrected chi connectivity index (χ1v) is 7.08. The molecule has 110 valence electrons. The lowest BCUT2D eigenvalue weighted by molar-refractivity contribution is -0.131. The van der Waals surface area contributed by atoms with Gasteiger partial charge in [0, 0.05) is 31.9 Å². The number of rotatable bonds is 6. The highest BCUT2D eigenvalue weighted by Gasteiger charge is 2.41. The van der Waals surface area contributed by atoms with E-state index in [0.29, 0.717) is 12.8 Å². The van der Waals surface area contributed by atoms with E-state index in [4.69, 9.17) is 18.9 Å². The Hall–Kier alpha value is -1.30. The third-order valence-corrected chi connectivity index (χ3v) is 3.93. The number of methoxy groups -OCH3 is 1. The van der Waals surface area contributed by atoms with Crippen molar-refractivity contribution in [3.8, 4) is 11.5 Å². The summed E-state index contributed by atoms with van der Waals surface area (Å²) in [4.78, 5) is 0. The molecule has 3 unspecified atom stereocenters. The lowest BCUT2D eigenvalue weighted by Gasteiger charge is -2.43. The van der Waals surface area contributed by atoms with E-state index in [1.165, 1.54) is 0 Å². The van der Waals surface area contributed by atoms with E-state index in [0.717, 1.165) is 36.6 Å². The Labute approximate surface area is 119 Å². The number of benzene rings is 1. The molecular weight excluding hydrogens is 258 g/mol. The fourth-order valence-corrected chi connectivity index (χ4v) is 2.85. The second-order valence-corrected chi connectivity index (χ2v) is 5.07. The highest BCUT2D eigenvalue weighted by molar-refractivity contribution is 5.48. The van der Waals surface area contributed by atoms with Crippen LogP contribution < -0.4 is 14.8 Å². The summed E-state index contributed by atoms with van der Waals surface area (Å²) in [5.41, 5.74) is 1.12. The van der Waals surface area contributed by atoms with Gasteiger partial charge in [-0.2, -0.15) is 0 Å². The molecule has 0 radical (unpaired) electrons. The predicted molar refractivity (Wildman–Crippen MR) is 74.0 cm³/mol. The van der Waals surface area contributed by atoms with Gasteiger partial charge in [0.25, 0.3) is 0 Å². The minimum Gasteiger partial charge on any atom is -0.454 e. The second kappa shape index (κ2) is 5.99. The van der Waals surface area contributed by atoms with E-state index in [2.05, 4.69) is 11.4 Å². The Balaban J connectivity index is 1.57. The summed E-state index contributed by atoms with van der Waals surface area (Å²) in [5, 5.41) is 3.51. The maximum atomic E-state index is 5.63. The van der Waals surface area contributed by atoms with Gasteiger partial charge in [0.15, 0.2) is 11.5 Å². The van der Waals surface area contributed by atoms with Crippen LogP contribution in [0.3, 0.4) is 0 Å². The van der Waals surface area contributed by atoms with Crippen molar-refractivity contribution in [3.05, 3.63) is 23.8 Å². The van der Waals surface area contributed by atoms with Crippen LogP contribution in [0.2, 0.25) is 0 Å². The molecule has 1 aliphatic heterocycles. The van der Waals surface area contributed by atoms with Crippen molar-refractivity contribution < 1.29 is 18.9 Å². The van der Waals surface area contributed by atoms with Gasteiger partial charge >= 0.3 is 0 Å². The topological polar surface area (TPSA) is 49.0 Å². The summed E-state index contributed by atoms with van der Waals surface area (Å²) in [5.74, 6) is 1.68. The molecule has 1 aliphatic carbocycles. The summed E-state index contributed by atoms with van der Waals surface area (Å²) < 4.78 is 22.0. The van der Waals surface area contributed by atoms with Crippen molar-refractivity contribution in [2.45, 2.75) is 38.1 Å². The Morgan fingerprint density at radius 2 is 2.25 bits per heavy atom. The zero-order valence-electron chi connectivity index (χ0n) is 11.9. The number of nitrogens with one attached hydrogen (secondary N) is 1. The zero-order chi connectivity index (χ0) is 13.9. The number of hydrogen-bond donors (Lipinski definition) is 1. The molecule has 1 saturated carbocycles. The third-order valence-electron chi connectivity index (χ3n) is 3.93. The van der Waals surface area contributed by atoms with Crippen molar-refractivity contribution in [1.82, 2.24) is 5.32 Å². The summed E-state index contributed by atoms with van der Waals surface area (Å²) >= 11 is 0. The maximum Gasteiger partial charge on any atom is 0.231 e. The van der Waals surface area contributed by atoms with Crippen molar-refractivity contribution in [2.75, 3.05) is 20.5 Å². The third kappa shape index (κ3) is 2.49. The Morgan fingerprint density at radius 1 is 1.35 bits per heavy atom. The van der Waals surface area contributed by atoms with Crippen LogP contribution in [0.1, 0.15) is 18.9 Å². The molecule has 0 amide bonds. The Morgan fingerprint density at radius 3 is 3.05 bits per heavy atom. The van der Waals surface area contributed by atoms with Crippen molar-refractivity contribution in [3.63, 3.8) is 0 Å². The smallest absolute Gasteiger partial charge is 0.231 e. The van der Waals surface area contributed by atoms with E-state index < -0.39 is 0 Å². The molecule has 0 aromatic heterocycles. The van der Waals surface area contributed by atoms with E-state index in [-0.39, 0.29) is 12.2 Å². The molecule has 1 fully saturated rings. The number of ether oxygens (including phenoxy) is 4. The largest absolute Gasteiger partial charge is 0.454 e. The van der Waals surface area contributed by atoms with Gasteiger partial charge in [-0.25, -0.2) is 0 Å². The molecule has 1 N–H and O–H groups in total. The normalized spacial score (nSPS) is 27.4. The molecule has 0 saturated heterocycles. The molecule has 0 spiro atoms. The van der Waals surface area contributed by atoms with Gasteiger partial charge in [-0.3, -0.25) is 0 Å². The summed E-state index contributed by atoms with van der Waals surface area (Å²) in [6, 6.07) is 6.30. The van der Waals surface area contributed by atoms with Gasteiger partial charge in [-0.05, 0) is 19.4 Å². The van der Waals surface area contributed by atoms with Crippen LogP contribution in [-0.2, 0) is 16.0 Å². The Kier molecular flexibility index (Phi) is 4.10. The van der Waals surface area contributed by atoms with Crippen molar-refractivity contribution in [1.29, 1.82) is 0 Å². The van der Waals surface area contributed by atoms with Gasteiger partial charge in [0.2, 0.25) is 6.79 Å². The lowest BCUT2D eigenvalue weighted by Crippen LogP contribution is -2.59. The SMILES string of the molecule is CCOC1CC(NCc2cccc3c2OCO3)C1OC. The van der Waals surface area contributed by atoms with Gasteiger partial charge in [0.05, 0.1) is 12.2 Å². The summed E-state index contributed by atoms with van der Waals surface area (Å²) in [6.07, 6.45) is 1.33. The van der Waals surface area contributed by atoms with E-state index in [1.54, 1.807) is 7.11 Å².